The summed E-state index contributed by atoms with van der Waals surface area (Å²) in [5.41, 5.74) is 0.801. The minimum atomic E-state index is -0.971. The number of rotatable bonds is 7. The Morgan fingerprint density at radius 1 is 1.25 bits per heavy atom. The van der Waals surface area contributed by atoms with E-state index in [-0.39, 0.29) is 41.3 Å². The van der Waals surface area contributed by atoms with E-state index in [0.29, 0.717) is 46.0 Å². The molecule has 1 aromatic carbocycles. The van der Waals surface area contributed by atoms with Crippen LogP contribution in [0, 0.1) is 23.2 Å². The highest BCUT2D eigenvalue weighted by Crippen LogP contribution is 2.65. The number of amides is 2. The molecule has 3 aliphatic rings. The van der Waals surface area contributed by atoms with Crippen LogP contribution in [-0.2, 0) is 14.4 Å². The molecule has 2 heterocycles. The monoisotopic (exact) mass is 533 g/mol. The molecule has 0 spiro atoms. The molecule has 3 fully saturated rings. The van der Waals surface area contributed by atoms with Crippen LogP contribution in [0.5, 0.6) is 0 Å². The van der Waals surface area contributed by atoms with Gasteiger partial charge in [0.05, 0.1) is 11.1 Å². The normalized spacial score (nSPS) is 27.2. The lowest BCUT2D eigenvalue weighted by atomic mass is 9.94. The highest BCUT2D eigenvalue weighted by molar-refractivity contribution is 6.38. The average molecular weight is 534 g/mol. The molecule has 0 radical (unpaired) electrons. The lowest BCUT2D eigenvalue weighted by molar-refractivity contribution is -0.133. The Bertz CT molecular complexity index is 1270. The SMILES string of the molecule is CC1(C)[C@@H]2[C@@H](C(=O)N[C@@H](C[C@@H]3CCCC3=O)C(=O)CO)N(C(=O)c3cc4c(Cl)cc(Cl)cc4[nH]3)C[C@@H]21. The molecule has 1 aromatic heterocycles. The molecule has 36 heavy (non-hydrogen) atoms. The molecule has 1 aliphatic heterocycles. The molecular formula is C26H29Cl2N3O5. The summed E-state index contributed by atoms with van der Waals surface area (Å²) >= 11 is 12.4. The fraction of sp³-hybridized carbons (Fsp3) is 0.538. The van der Waals surface area contributed by atoms with Crippen LogP contribution in [0.4, 0.5) is 0 Å². The second-order valence-electron chi connectivity index (χ2n) is 10.9. The quantitative estimate of drug-likeness (QED) is 0.503. The van der Waals surface area contributed by atoms with Crippen molar-refractivity contribution in [2.45, 2.75) is 51.6 Å². The number of aliphatic hydroxyl groups is 1. The molecule has 2 saturated carbocycles. The first kappa shape index (κ1) is 25.2. The number of halogens is 2. The predicted molar refractivity (Wildman–Crippen MR) is 135 cm³/mol. The first-order valence-corrected chi connectivity index (χ1v) is 13.0. The van der Waals surface area contributed by atoms with Gasteiger partial charge in [0.25, 0.3) is 5.91 Å². The number of carbonyl (C=O) groups is 4. The largest absolute Gasteiger partial charge is 0.389 e. The number of fused-ring (bicyclic) bond motifs is 2. The Morgan fingerprint density at radius 3 is 2.67 bits per heavy atom. The van der Waals surface area contributed by atoms with Crippen molar-refractivity contribution >= 4 is 57.5 Å². The Hall–Kier alpha value is -2.42. The number of carbonyl (C=O) groups excluding carboxylic acids is 4. The Kier molecular flexibility index (Phi) is 6.42. The fourth-order valence-corrected chi connectivity index (χ4v) is 6.83. The zero-order valence-electron chi connectivity index (χ0n) is 20.1. The standard InChI is InChI=1S/C26H29Cl2N3O5/c1-26(2)15-10-31(25(36)19-9-14-16(28)7-13(27)8-17(14)29-19)23(22(15)26)24(35)30-18(21(34)11-32)6-12-4-3-5-20(12)33/h7-9,12,15,18,22-23,29,32H,3-6,10-11H2,1-2H3,(H,30,35)/t12-,15-,18-,22-,23-/m0/s1. The highest BCUT2D eigenvalue weighted by atomic mass is 35.5. The molecule has 192 valence electrons. The van der Waals surface area contributed by atoms with E-state index in [1.807, 2.05) is 0 Å². The second-order valence-corrected chi connectivity index (χ2v) is 11.7. The van der Waals surface area contributed by atoms with Crippen LogP contribution in [0.2, 0.25) is 10.0 Å². The number of nitrogens with one attached hydrogen (secondary N) is 2. The van der Waals surface area contributed by atoms with Crippen molar-refractivity contribution in [2.75, 3.05) is 13.2 Å². The molecule has 2 aromatic rings. The summed E-state index contributed by atoms with van der Waals surface area (Å²) in [6.07, 6.45) is 2.08. The summed E-state index contributed by atoms with van der Waals surface area (Å²) < 4.78 is 0. The number of benzene rings is 1. The third kappa shape index (κ3) is 4.23. The fourth-order valence-electron chi connectivity index (χ4n) is 6.29. The topological polar surface area (TPSA) is 120 Å². The van der Waals surface area contributed by atoms with Gasteiger partial charge in [-0.2, -0.15) is 0 Å². The summed E-state index contributed by atoms with van der Waals surface area (Å²) in [5, 5.41) is 13.8. The van der Waals surface area contributed by atoms with E-state index in [1.165, 1.54) is 0 Å². The van der Waals surface area contributed by atoms with Gasteiger partial charge in [0, 0.05) is 34.8 Å². The molecule has 3 N–H and O–H groups in total. The smallest absolute Gasteiger partial charge is 0.271 e. The van der Waals surface area contributed by atoms with E-state index in [0.717, 1.165) is 6.42 Å². The minimum Gasteiger partial charge on any atom is -0.389 e. The molecule has 1 saturated heterocycles. The number of H-pyrrole nitrogens is 1. The summed E-state index contributed by atoms with van der Waals surface area (Å²) in [7, 11) is 0. The van der Waals surface area contributed by atoms with Gasteiger partial charge in [0.2, 0.25) is 5.91 Å². The summed E-state index contributed by atoms with van der Waals surface area (Å²) in [5.74, 6) is -1.43. The lowest BCUT2D eigenvalue weighted by Gasteiger charge is -2.31. The number of likely N-dealkylation sites (tertiary alicyclic amines) is 1. The van der Waals surface area contributed by atoms with Crippen LogP contribution >= 0.6 is 23.2 Å². The van der Waals surface area contributed by atoms with Crippen molar-refractivity contribution in [2.24, 2.45) is 23.2 Å². The first-order chi connectivity index (χ1) is 17.0. The van der Waals surface area contributed by atoms with E-state index >= 15 is 0 Å². The van der Waals surface area contributed by atoms with E-state index in [1.54, 1.807) is 23.1 Å². The predicted octanol–water partition coefficient (Wildman–Crippen LogP) is 3.38. The summed E-state index contributed by atoms with van der Waals surface area (Å²) in [6.45, 7) is 3.83. The van der Waals surface area contributed by atoms with Gasteiger partial charge in [0.1, 0.15) is 24.1 Å². The number of hydrogen-bond donors (Lipinski definition) is 3. The van der Waals surface area contributed by atoms with Crippen molar-refractivity contribution in [3.63, 3.8) is 0 Å². The van der Waals surface area contributed by atoms with Gasteiger partial charge in [-0.05, 0) is 54.7 Å². The van der Waals surface area contributed by atoms with Crippen LogP contribution in [-0.4, -0.2) is 63.6 Å². The molecular weight excluding hydrogens is 505 g/mol. The van der Waals surface area contributed by atoms with Gasteiger partial charge in [-0.3, -0.25) is 19.2 Å². The highest BCUT2D eigenvalue weighted by Gasteiger charge is 2.69. The van der Waals surface area contributed by atoms with Crippen LogP contribution in [0.15, 0.2) is 18.2 Å². The van der Waals surface area contributed by atoms with E-state index < -0.39 is 30.4 Å². The molecule has 5 rings (SSSR count). The van der Waals surface area contributed by atoms with Gasteiger partial charge in [0.15, 0.2) is 5.78 Å². The molecule has 0 unspecified atom stereocenters. The Labute approximate surface area is 218 Å². The van der Waals surface area contributed by atoms with Crippen molar-refractivity contribution < 1.29 is 24.3 Å². The molecule has 5 atom stereocenters. The van der Waals surface area contributed by atoms with Gasteiger partial charge in [-0.15, -0.1) is 0 Å². The maximum absolute atomic E-state index is 13.6. The Morgan fingerprint density at radius 2 is 2.00 bits per heavy atom. The van der Waals surface area contributed by atoms with Crippen LogP contribution in [0.1, 0.15) is 50.0 Å². The number of nitrogens with zero attached hydrogens (tertiary/aromatic N) is 1. The first-order valence-electron chi connectivity index (χ1n) is 12.3. The van der Waals surface area contributed by atoms with Crippen LogP contribution in [0.25, 0.3) is 10.9 Å². The average Bonchev–Trinajstić information content (AvgIpc) is 3.33. The molecule has 2 aliphatic carbocycles. The number of ketones is 2. The lowest BCUT2D eigenvalue weighted by Crippen LogP contribution is -2.54. The molecule has 10 heteroatoms. The zero-order chi connectivity index (χ0) is 25.9. The number of hydrogen-bond acceptors (Lipinski definition) is 5. The molecule has 2 amide bonds. The van der Waals surface area contributed by atoms with Crippen LogP contribution < -0.4 is 5.32 Å². The third-order valence-electron chi connectivity index (χ3n) is 8.43. The van der Waals surface area contributed by atoms with E-state index in [9.17, 15) is 24.3 Å². The van der Waals surface area contributed by atoms with Gasteiger partial charge >= 0.3 is 0 Å². The van der Waals surface area contributed by atoms with Crippen LogP contribution in [0.3, 0.4) is 0 Å². The maximum atomic E-state index is 13.6. The number of aromatic amines is 1. The van der Waals surface area contributed by atoms with Crippen molar-refractivity contribution in [1.29, 1.82) is 0 Å². The van der Waals surface area contributed by atoms with E-state index in [4.69, 9.17) is 23.2 Å². The van der Waals surface area contributed by atoms with Crippen molar-refractivity contribution in [3.05, 3.63) is 33.9 Å². The summed E-state index contributed by atoms with van der Waals surface area (Å²) in [4.78, 5) is 56.5. The number of aliphatic hydroxyl groups excluding tert-OH is 1. The van der Waals surface area contributed by atoms with Crippen molar-refractivity contribution in [3.8, 4) is 0 Å². The third-order valence-corrected chi connectivity index (χ3v) is 8.96. The zero-order valence-corrected chi connectivity index (χ0v) is 21.7. The number of Topliss-reactive ketones (excluding diaryl/α,β-unsaturated/α-hetero) is 2. The number of aromatic nitrogens is 1. The van der Waals surface area contributed by atoms with Gasteiger partial charge < -0.3 is 20.3 Å². The van der Waals surface area contributed by atoms with E-state index in [2.05, 4.69) is 24.1 Å². The Balaban J connectivity index is 1.40. The molecule has 0 bridgehead atoms. The number of piperidine rings is 1. The maximum Gasteiger partial charge on any atom is 0.271 e. The van der Waals surface area contributed by atoms with Crippen molar-refractivity contribution in [1.82, 2.24) is 15.2 Å². The summed E-state index contributed by atoms with van der Waals surface area (Å²) in [6, 6.07) is 3.20. The molecule has 8 nitrogen and oxygen atoms in total. The second kappa shape index (κ2) is 9.15. The minimum absolute atomic E-state index is 0.0538. The van der Waals surface area contributed by atoms with Gasteiger partial charge in [-0.25, -0.2) is 0 Å². The van der Waals surface area contributed by atoms with Gasteiger partial charge in [-0.1, -0.05) is 37.0 Å².